The topological polar surface area (TPSA) is 110 Å². The Kier molecular flexibility index (Phi) is 15.8. The summed E-state index contributed by atoms with van der Waals surface area (Å²) < 4.78 is 32.8. The third kappa shape index (κ3) is 15.6. The second-order valence-electron chi connectivity index (χ2n) is 19.4. The molecular formula is C60H57NO9. The van der Waals surface area contributed by atoms with Crippen molar-refractivity contribution in [2.24, 2.45) is 0 Å². The first kappa shape index (κ1) is 51.0. The van der Waals surface area contributed by atoms with E-state index in [4.69, 9.17) is 28.4 Å². The summed E-state index contributed by atoms with van der Waals surface area (Å²) in [6, 6.07) is 39.7. The van der Waals surface area contributed by atoms with Gasteiger partial charge in [-0.2, -0.15) is 0 Å². The maximum Gasteiger partial charge on any atom is 0.514 e. The van der Waals surface area contributed by atoms with Crippen molar-refractivity contribution in [2.75, 3.05) is 4.90 Å². The molecule has 0 aliphatic rings. The fraction of sp³-hybridized carbons (Fsp3) is 0.250. The van der Waals surface area contributed by atoms with Crippen molar-refractivity contribution < 1.29 is 42.8 Å². The van der Waals surface area contributed by atoms with E-state index < -0.39 is 35.3 Å². The molecule has 0 atom stereocenters. The number of hydrogen-bond donors (Lipinski definition) is 0. The zero-order valence-electron chi connectivity index (χ0n) is 41.7. The molecule has 70 heavy (non-hydrogen) atoms. The van der Waals surface area contributed by atoms with Crippen molar-refractivity contribution in [3.8, 4) is 52.8 Å². The fourth-order valence-corrected chi connectivity index (χ4v) is 6.52. The summed E-state index contributed by atoms with van der Waals surface area (Å²) in [7, 11) is 0. The molecule has 0 heterocycles. The molecule has 0 saturated carbocycles. The summed E-state index contributed by atoms with van der Waals surface area (Å²) in [6.07, 6.45) is -2.42. The quantitative estimate of drug-likeness (QED) is 0.0693. The Morgan fingerprint density at radius 3 is 0.829 bits per heavy atom. The van der Waals surface area contributed by atoms with Crippen molar-refractivity contribution >= 4 is 35.5 Å². The first-order valence-corrected chi connectivity index (χ1v) is 22.7. The minimum atomic E-state index is -0.806. The summed E-state index contributed by atoms with van der Waals surface area (Å²) in [5.74, 6) is 20.1. The Balaban J connectivity index is 1.32. The van der Waals surface area contributed by atoms with Crippen LogP contribution in [0.2, 0.25) is 0 Å². The molecule has 356 valence electrons. The Hall–Kier alpha value is -8.39. The van der Waals surface area contributed by atoms with Crippen LogP contribution in [0.3, 0.4) is 0 Å². The van der Waals surface area contributed by atoms with Crippen molar-refractivity contribution in [2.45, 2.75) is 99.9 Å². The van der Waals surface area contributed by atoms with Gasteiger partial charge in [-0.1, -0.05) is 53.7 Å². The SMILES string of the molecule is Cc1ccc(OC(=O)OC(C)(C)C)c(C#Cc2ccc(N(c3ccc(C#Cc4cc(C)ccc4OC(=O)OC(C)(C)C)cc3)c3ccc(C#Cc4cc(C)ccc4OC(=O)OC(C)(C)C)cc3)cc2)c1. The maximum absolute atomic E-state index is 12.5. The van der Waals surface area contributed by atoms with Crippen LogP contribution in [0.4, 0.5) is 31.4 Å². The number of carbonyl (C=O) groups excluding carboxylic acids is 3. The smallest absolute Gasteiger partial charge is 0.428 e. The van der Waals surface area contributed by atoms with Crippen LogP contribution < -0.4 is 19.1 Å². The molecule has 10 nitrogen and oxygen atoms in total. The lowest BCUT2D eigenvalue weighted by Crippen LogP contribution is -2.26. The predicted molar refractivity (Wildman–Crippen MR) is 273 cm³/mol. The maximum atomic E-state index is 12.5. The first-order chi connectivity index (χ1) is 32.9. The van der Waals surface area contributed by atoms with Crippen molar-refractivity contribution in [1.29, 1.82) is 0 Å². The number of hydrogen-bond acceptors (Lipinski definition) is 10. The average Bonchev–Trinajstić information content (AvgIpc) is 3.26. The van der Waals surface area contributed by atoms with Gasteiger partial charge >= 0.3 is 18.5 Å². The number of nitrogens with zero attached hydrogens (tertiary/aromatic N) is 1. The third-order valence-corrected chi connectivity index (χ3v) is 9.55. The molecule has 0 fully saturated rings. The minimum absolute atomic E-state index is 0.304. The van der Waals surface area contributed by atoms with Gasteiger partial charge in [-0.25, -0.2) is 14.4 Å². The number of anilines is 3. The highest BCUT2D eigenvalue weighted by molar-refractivity contribution is 5.78. The lowest BCUT2D eigenvalue weighted by molar-refractivity contribution is 0.0192. The summed E-state index contributed by atoms with van der Waals surface area (Å²) in [5, 5.41) is 0. The normalized spacial score (nSPS) is 11.0. The molecule has 6 aromatic rings. The number of benzene rings is 6. The molecule has 0 bridgehead atoms. The van der Waals surface area contributed by atoms with E-state index in [1.165, 1.54) is 0 Å². The lowest BCUT2D eigenvalue weighted by atomic mass is 10.1. The fourth-order valence-electron chi connectivity index (χ4n) is 6.52. The number of carbonyl (C=O) groups is 3. The van der Waals surface area contributed by atoms with Gasteiger partial charge in [0, 0.05) is 33.8 Å². The minimum Gasteiger partial charge on any atom is -0.428 e. The largest absolute Gasteiger partial charge is 0.514 e. The zero-order valence-corrected chi connectivity index (χ0v) is 41.7. The van der Waals surface area contributed by atoms with Crippen LogP contribution in [-0.4, -0.2) is 35.3 Å². The highest BCUT2D eigenvalue weighted by Crippen LogP contribution is 2.35. The Morgan fingerprint density at radius 1 is 0.357 bits per heavy atom. The molecule has 6 aromatic carbocycles. The van der Waals surface area contributed by atoms with Gasteiger partial charge in [-0.05, 0) is 209 Å². The van der Waals surface area contributed by atoms with E-state index in [-0.39, 0.29) is 0 Å². The first-order valence-electron chi connectivity index (χ1n) is 22.7. The third-order valence-electron chi connectivity index (χ3n) is 9.55. The van der Waals surface area contributed by atoms with Gasteiger partial charge in [-0.3, -0.25) is 0 Å². The van der Waals surface area contributed by atoms with Gasteiger partial charge in [0.25, 0.3) is 0 Å². The van der Waals surface area contributed by atoms with Crippen LogP contribution in [0, 0.1) is 56.3 Å². The molecule has 0 aromatic heterocycles. The van der Waals surface area contributed by atoms with Crippen molar-refractivity contribution in [3.05, 3.63) is 177 Å². The van der Waals surface area contributed by atoms with Gasteiger partial charge in [0.2, 0.25) is 0 Å². The van der Waals surface area contributed by atoms with E-state index in [9.17, 15) is 14.4 Å². The highest BCUT2D eigenvalue weighted by atomic mass is 16.7. The van der Waals surface area contributed by atoms with E-state index in [2.05, 4.69) is 40.4 Å². The second kappa shape index (κ2) is 21.7. The Morgan fingerprint density at radius 2 is 0.600 bits per heavy atom. The standard InChI is InChI=1S/C60H57NO9/c1-40-13-34-52(65-55(62)68-58(4,5)6)46(37-40)25-16-43-19-28-49(29-20-43)61(50-30-21-44(22-31-50)17-26-47-38-41(2)14-35-53(47)66-56(63)69-59(7,8)9)51-32-23-45(24-33-51)18-27-48-39-42(3)15-36-54(48)67-57(64)70-60(10,11)12/h13-15,19-24,28-39H,1-12H3. The second-order valence-corrected chi connectivity index (χ2v) is 19.4. The molecule has 0 aliphatic heterocycles. The summed E-state index contributed by atoms with van der Waals surface area (Å²) in [4.78, 5) is 39.7. The Labute approximate surface area is 411 Å². The predicted octanol–water partition coefficient (Wildman–Crippen LogP) is 14.2. The molecule has 0 saturated heterocycles. The van der Waals surface area contributed by atoms with E-state index in [1.807, 2.05) is 130 Å². The molecule has 0 radical (unpaired) electrons. The summed E-state index contributed by atoms with van der Waals surface area (Å²) in [5.41, 5.74) is 7.14. The van der Waals surface area contributed by atoms with Crippen LogP contribution in [-0.2, 0) is 14.2 Å². The van der Waals surface area contributed by atoms with Crippen molar-refractivity contribution in [1.82, 2.24) is 0 Å². The highest BCUT2D eigenvalue weighted by Gasteiger charge is 2.22. The van der Waals surface area contributed by atoms with E-state index in [0.717, 1.165) is 50.4 Å². The van der Waals surface area contributed by atoms with Gasteiger partial charge in [0.05, 0.1) is 16.7 Å². The number of rotatable bonds is 6. The zero-order chi connectivity index (χ0) is 50.8. The summed E-state index contributed by atoms with van der Waals surface area (Å²) in [6.45, 7) is 21.8. The Bertz CT molecular complexity index is 2740. The average molecular weight is 936 g/mol. The van der Waals surface area contributed by atoms with E-state index in [1.54, 1.807) is 80.5 Å². The number of aryl methyl sites for hydroxylation is 3. The molecule has 6 rings (SSSR count). The van der Waals surface area contributed by atoms with Crippen molar-refractivity contribution in [3.63, 3.8) is 0 Å². The summed E-state index contributed by atoms with van der Waals surface area (Å²) >= 11 is 0. The van der Waals surface area contributed by atoms with Gasteiger partial charge in [-0.15, -0.1) is 0 Å². The van der Waals surface area contributed by atoms with Crippen LogP contribution in [0.15, 0.2) is 127 Å². The van der Waals surface area contributed by atoms with Gasteiger partial charge in [0.1, 0.15) is 34.1 Å². The van der Waals surface area contributed by atoms with Crippen LogP contribution >= 0.6 is 0 Å². The molecule has 0 spiro atoms. The molecule has 0 unspecified atom stereocenters. The lowest BCUT2D eigenvalue weighted by Gasteiger charge is -2.25. The monoisotopic (exact) mass is 935 g/mol. The van der Waals surface area contributed by atoms with Crippen LogP contribution in [0.5, 0.6) is 17.2 Å². The molecule has 0 aliphatic carbocycles. The van der Waals surface area contributed by atoms with Crippen LogP contribution in [0.25, 0.3) is 0 Å². The van der Waals surface area contributed by atoms with Gasteiger partial charge in [0.15, 0.2) is 0 Å². The van der Waals surface area contributed by atoms with E-state index in [0.29, 0.717) is 33.9 Å². The molecule has 0 N–H and O–H groups in total. The van der Waals surface area contributed by atoms with Crippen LogP contribution in [0.1, 0.15) is 112 Å². The van der Waals surface area contributed by atoms with Gasteiger partial charge < -0.3 is 33.3 Å². The molecular weight excluding hydrogens is 879 g/mol. The van der Waals surface area contributed by atoms with E-state index >= 15 is 0 Å². The number of ether oxygens (including phenoxy) is 6. The molecule has 10 heteroatoms. The molecule has 0 amide bonds.